The van der Waals surface area contributed by atoms with Crippen molar-refractivity contribution < 1.29 is 32.0 Å². The lowest BCUT2D eigenvalue weighted by atomic mass is 9.95. The fourth-order valence-electron chi connectivity index (χ4n) is 1.90. The van der Waals surface area contributed by atoms with Crippen molar-refractivity contribution in [3.8, 4) is 0 Å². The molecular weight excluding hydrogens is 292 g/mol. The molecule has 20 heavy (non-hydrogen) atoms. The Morgan fingerprint density at radius 2 is 2.10 bits per heavy atom. The molecule has 0 aromatic rings. The van der Waals surface area contributed by atoms with Crippen molar-refractivity contribution in [2.24, 2.45) is 5.73 Å². The number of carbonyl (C=O) groups is 1. The van der Waals surface area contributed by atoms with E-state index < -0.39 is 40.7 Å². The van der Waals surface area contributed by atoms with Gasteiger partial charge in [-0.2, -0.15) is 8.42 Å². The number of carbonyl (C=O) groups excluding carboxylic acids is 1. The number of amides is 1. The number of nitrogens with one attached hydrogen (secondary N) is 1. The molecule has 0 aromatic heterocycles. The topological polar surface area (TPSA) is 137 Å². The van der Waals surface area contributed by atoms with E-state index in [9.17, 15) is 18.3 Å². The highest BCUT2D eigenvalue weighted by Crippen LogP contribution is 2.21. The van der Waals surface area contributed by atoms with Gasteiger partial charge in [-0.1, -0.05) is 0 Å². The van der Waals surface area contributed by atoms with E-state index in [0.29, 0.717) is 0 Å². The van der Waals surface area contributed by atoms with Gasteiger partial charge in [0.2, 0.25) is 5.91 Å². The van der Waals surface area contributed by atoms with Crippen LogP contribution in [0.2, 0.25) is 0 Å². The molecule has 1 saturated heterocycles. The summed E-state index contributed by atoms with van der Waals surface area (Å²) in [5.74, 6) is -0.377. The number of hydrogen-bond acceptors (Lipinski definition) is 8. The van der Waals surface area contributed by atoms with E-state index in [1.165, 1.54) is 14.0 Å². The number of nitrogens with two attached hydrogens (primary N) is 1. The first-order valence-corrected chi connectivity index (χ1v) is 7.70. The van der Waals surface area contributed by atoms with Crippen LogP contribution in [0.3, 0.4) is 0 Å². The van der Waals surface area contributed by atoms with Crippen LogP contribution < -0.4 is 11.1 Å². The van der Waals surface area contributed by atoms with Crippen LogP contribution in [-0.2, 0) is 28.6 Å². The summed E-state index contributed by atoms with van der Waals surface area (Å²) >= 11 is 0. The zero-order valence-electron chi connectivity index (χ0n) is 11.5. The van der Waals surface area contributed by atoms with Crippen LogP contribution >= 0.6 is 0 Å². The normalized spacial score (nSPS) is 34.8. The van der Waals surface area contributed by atoms with E-state index in [-0.39, 0.29) is 12.5 Å². The molecule has 1 rings (SSSR count). The van der Waals surface area contributed by atoms with E-state index >= 15 is 0 Å². The number of aliphatic hydroxyl groups is 1. The molecule has 0 saturated carbocycles. The van der Waals surface area contributed by atoms with Gasteiger partial charge in [-0.3, -0.25) is 8.98 Å². The molecule has 0 unspecified atom stereocenters. The summed E-state index contributed by atoms with van der Waals surface area (Å²) in [6.45, 7) is 0.938. The molecule has 0 spiro atoms. The molecule has 9 nitrogen and oxygen atoms in total. The number of rotatable bonds is 5. The quantitative estimate of drug-likeness (QED) is 0.475. The molecule has 0 radical (unpaired) electrons. The predicted molar refractivity (Wildman–Crippen MR) is 68.1 cm³/mol. The highest BCUT2D eigenvalue weighted by Gasteiger charge is 2.44. The maximum atomic E-state index is 11.1. The van der Waals surface area contributed by atoms with Gasteiger partial charge in [-0.15, -0.1) is 0 Å². The van der Waals surface area contributed by atoms with Crippen LogP contribution in [0.5, 0.6) is 0 Å². The fourth-order valence-corrected chi connectivity index (χ4v) is 2.28. The van der Waals surface area contributed by atoms with Crippen LogP contribution in [0.15, 0.2) is 0 Å². The predicted octanol–water partition coefficient (Wildman–Crippen LogP) is -2.47. The Balaban J connectivity index is 2.77. The fraction of sp³-hybridized carbons (Fsp3) is 0.900. The maximum absolute atomic E-state index is 11.1. The van der Waals surface area contributed by atoms with Crippen LogP contribution in [0.25, 0.3) is 0 Å². The van der Waals surface area contributed by atoms with Crippen molar-refractivity contribution in [1.82, 2.24) is 5.32 Å². The first-order chi connectivity index (χ1) is 9.15. The summed E-state index contributed by atoms with van der Waals surface area (Å²) in [5.41, 5.74) is 5.78. The molecule has 1 fully saturated rings. The molecule has 0 aromatic carbocycles. The molecule has 1 heterocycles. The maximum Gasteiger partial charge on any atom is 0.264 e. The van der Waals surface area contributed by atoms with Crippen molar-refractivity contribution in [2.45, 2.75) is 37.5 Å². The number of aliphatic hydroxyl groups excluding tert-OH is 1. The Morgan fingerprint density at radius 3 is 2.55 bits per heavy atom. The SMILES string of the molecule is CO[C@@H]1O[C@H](COS(C)(=O)=O)[C@H](N)[C@@H](O)[C@H]1NC(C)=O. The minimum absolute atomic E-state index is 0.344. The third kappa shape index (κ3) is 4.65. The molecule has 118 valence electrons. The summed E-state index contributed by atoms with van der Waals surface area (Å²) in [4.78, 5) is 11.1. The van der Waals surface area contributed by atoms with Gasteiger partial charge in [0.05, 0.1) is 25.0 Å². The van der Waals surface area contributed by atoms with Crippen molar-refractivity contribution in [3.05, 3.63) is 0 Å². The lowest BCUT2D eigenvalue weighted by molar-refractivity contribution is -0.231. The van der Waals surface area contributed by atoms with Crippen LogP contribution in [0.1, 0.15) is 6.92 Å². The summed E-state index contributed by atoms with van der Waals surface area (Å²) < 4.78 is 37.0. The Morgan fingerprint density at radius 1 is 1.50 bits per heavy atom. The van der Waals surface area contributed by atoms with E-state index in [4.69, 9.17) is 15.2 Å². The van der Waals surface area contributed by atoms with Gasteiger partial charge in [-0.05, 0) is 0 Å². The first-order valence-electron chi connectivity index (χ1n) is 5.89. The zero-order valence-corrected chi connectivity index (χ0v) is 12.3. The van der Waals surface area contributed by atoms with E-state index in [0.717, 1.165) is 6.26 Å². The van der Waals surface area contributed by atoms with E-state index in [2.05, 4.69) is 9.50 Å². The smallest absolute Gasteiger partial charge is 0.264 e. The van der Waals surface area contributed by atoms with Crippen LogP contribution in [0.4, 0.5) is 0 Å². The minimum atomic E-state index is -3.65. The second kappa shape index (κ2) is 6.78. The van der Waals surface area contributed by atoms with Crippen molar-refractivity contribution in [1.29, 1.82) is 0 Å². The second-order valence-electron chi connectivity index (χ2n) is 4.56. The van der Waals surface area contributed by atoms with Gasteiger partial charge in [0, 0.05) is 14.0 Å². The first kappa shape index (κ1) is 17.3. The summed E-state index contributed by atoms with van der Waals surface area (Å²) in [7, 11) is -2.32. The van der Waals surface area contributed by atoms with E-state index in [1.54, 1.807) is 0 Å². The van der Waals surface area contributed by atoms with Gasteiger partial charge in [-0.25, -0.2) is 0 Å². The van der Waals surface area contributed by atoms with Crippen molar-refractivity contribution in [2.75, 3.05) is 20.0 Å². The number of hydrogen-bond donors (Lipinski definition) is 3. The average Bonchev–Trinajstić information content (AvgIpc) is 2.32. The highest BCUT2D eigenvalue weighted by atomic mass is 32.2. The molecule has 5 atom stereocenters. The van der Waals surface area contributed by atoms with Gasteiger partial charge < -0.3 is 25.6 Å². The van der Waals surface area contributed by atoms with Gasteiger partial charge >= 0.3 is 0 Å². The van der Waals surface area contributed by atoms with Crippen molar-refractivity contribution in [3.63, 3.8) is 0 Å². The molecule has 1 aliphatic heterocycles. The summed E-state index contributed by atoms with van der Waals surface area (Å²) in [6.07, 6.45) is -2.10. The monoisotopic (exact) mass is 312 g/mol. The minimum Gasteiger partial charge on any atom is -0.389 e. The van der Waals surface area contributed by atoms with Gasteiger partial charge in [0.1, 0.15) is 12.1 Å². The molecule has 1 aliphatic rings. The van der Waals surface area contributed by atoms with Crippen molar-refractivity contribution >= 4 is 16.0 Å². The molecule has 0 bridgehead atoms. The second-order valence-corrected chi connectivity index (χ2v) is 6.21. The largest absolute Gasteiger partial charge is 0.389 e. The molecule has 10 heteroatoms. The Bertz CT molecular complexity index is 439. The van der Waals surface area contributed by atoms with Gasteiger partial charge in [0.25, 0.3) is 10.1 Å². The third-order valence-corrected chi connectivity index (χ3v) is 3.41. The number of methoxy groups -OCH3 is 1. The molecule has 1 amide bonds. The molecule has 4 N–H and O–H groups in total. The lowest BCUT2D eigenvalue weighted by Gasteiger charge is -2.42. The van der Waals surface area contributed by atoms with Crippen LogP contribution in [-0.4, -0.2) is 70.0 Å². The van der Waals surface area contributed by atoms with Gasteiger partial charge in [0.15, 0.2) is 6.29 Å². The lowest BCUT2D eigenvalue weighted by Crippen LogP contribution is -2.67. The molecular formula is C10H20N2O7S. The Labute approximate surface area is 117 Å². The average molecular weight is 312 g/mol. The third-order valence-electron chi connectivity index (χ3n) is 2.84. The standard InChI is InChI=1S/C10H20N2O7S/c1-5(13)12-8-9(14)7(11)6(19-10(8)17-2)4-18-20(3,15)16/h6-10,14H,4,11H2,1-3H3,(H,12,13)/t6-,7+,8-,9-,10-/m1/s1. The van der Waals surface area contributed by atoms with E-state index in [1.807, 2.05) is 0 Å². The summed E-state index contributed by atoms with van der Waals surface area (Å²) in [6, 6.07) is -1.78. The van der Waals surface area contributed by atoms with Crippen LogP contribution in [0, 0.1) is 0 Å². The highest BCUT2D eigenvalue weighted by molar-refractivity contribution is 7.85. The molecule has 0 aliphatic carbocycles. The Kier molecular flexibility index (Phi) is 5.86. The number of ether oxygens (including phenoxy) is 2. The summed E-state index contributed by atoms with van der Waals surface area (Å²) in [5, 5.41) is 12.6. The zero-order chi connectivity index (χ0) is 15.5. The Hall–Kier alpha value is -0.780.